The van der Waals surface area contributed by atoms with E-state index in [2.05, 4.69) is 5.32 Å². The number of carbonyl (C=O) groups excluding carboxylic acids is 1. The lowest BCUT2D eigenvalue weighted by molar-refractivity contribution is -0.127. The van der Waals surface area contributed by atoms with Crippen molar-refractivity contribution in [3.8, 4) is 11.5 Å². The molecule has 0 bridgehead atoms. The van der Waals surface area contributed by atoms with Crippen LogP contribution in [0.4, 0.5) is 0 Å². The molecule has 0 aromatic heterocycles. The number of ether oxygens (including phenoxy) is 2. The van der Waals surface area contributed by atoms with E-state index in [0.717, 1.165) is 31.2 Å². The van der Waals surface area contributed by atoms with Crippen molar-refractivity contribution in [1.82, 2.24) is 5.32 Å². The summed E-state index contributed by atoms with van der Waals surface area (Å²) in [5, 5.41) is 2.96. The molecule has 0 radical (unpaired) electrons. The predicted molar refractivity (Wildman–Crippen MR) is 93.3 cm³/mol. The second kappa shape index (κ2) is 8.99. The van der Waals surface area contributed by atoms with Gasteiger partial charge in [0, 0.05) is 6.54 Å². The van der Waals surface area contributed by atoms with Crippen molar-refractivity contribution < 1.29 is 14.3 Å². The quantitative estimate of drug-likeness (QED) is 0.833. The van der Waals surface area contributed by atoms with Crippen molar-refractivity contribution in [2.24, 2.45) is 5.73 Å². The fourth-order valence-electron chi connectivity index (χ4n) is 2.87. The molecule has 0 saturated heterocycles. The third-order valence-electron chi connectivity index (χ3n) is 4.18. The average Bonchev–Trinajstić information content (AvgIpc) is 2.54. The Balaban J connectivity index is 0.00000264. The molecule has 1 aromatic rings. The van der Waals surface area contributed by atoms with Crippen molar-refractivity contribution in [2.75, 3.05) is 13.7 Å². The minimum Gasteiger partial charge on any atom is -0.493 e. The molecule has 2 rings (SSSR count). The molecule has 1 fully saturated rings. The van der Waals surface area contributed by atoms with Crippen LogP contribution in [0.15, 0.2) is 18.2 Å². The zero-order valence-corrected chi connectivity index (χ0v) is 14.7. The van der Waals surface area contributed by atoms with Crippen molar-refractivity contribution >= 4 is 18.3 Å². The number of methoxy groups -OCH3 is 1. The minimum absolute atomic E-state index is 0. The Bertz CT molecular complexity index is 517. The molecule has 1 aliphatic carbocycles. The van der Waals surface area contributed by atoms with Crippen LogP contribution in [0.1, 0.15) is 44.6 Å². The normalized spacial score (nSPS) is 16.1. The van der Waals surface area contributed by atoms with Gasteiger partial charge in [-0.3, -0.25) is 4.79 Å². The van der Waals surface area contributed by atoms with Crippen molar-refractivity contribution in [3.05, 3.63) is 23.8 Å². The number of benzene rings is 1. The largest absolute Gasteiger partial charge is 0.493 e. The van der Waals surface area contributed by atoms with E-state index in [9.17, 15) is 4.79 Å². The van der Waals surface area contributed by atoms with Crippen LogP contribution in [0, 0.1) is 0 Å². The van der Waals surface area contributed by atoms with Gasteiger partial charge in [0.25, 0.3) is 0 Å². The highest BCUT2D eigenvalue weighted by Gasteiger charge is 2.34. The van der Waals surface area contributed by atoms with Crippen LogP contribution in [0.2, 0.25) is 0 Å². The van der Waals surface area contributed by atoms with Gasteiger partial charge in [0.2, 0.25) is 5.91 Å². The van der Waals surface area contributed by atoms with Crippen LogP contribution in [-0.4, -0.2) is 25.2 Å². The Morgan fingerprint density at radius 1 is 1.26 bits per heavy atom. The maximum atomic E-state index is 12.3. The lowest BCUT2D eigenvalue weighted by Crippen LogP contribution is -2.54. The number of nitrogens with two attached hydrogens (primary N) is 1. The summed E-state index contributed by atoms with van der Waals surface area (Å²) in [7, 11) is 1.61. The topological polar surface area (TPSA) is 73.6 Å². The lowest BCUT2D eigenvalue weighted by Gasteiger charge is -2.31. The molecule has 23 heavy (non-hydrogen) atoms. The highest BCUT2D eigenvalue weighted by molar-refractivity contribution is 5.86. The van der Waals surface area contributed by atoms with Crippen LogP contribution in [0.3, 0.4) is 0 Å². The summed E-state index contributed by atoms with van der Waals surface area (Å²) in [4.78, 5) is 12.3. The van der Waals surface area contributed by atoms with Crippen LogP contribution in [0.25, 0.3) is 0 Å². The molecule has 5 nitrogen and oxygen atoms in total. The molecule has 1 aromatic carbocycles. The molecule has 0 atom stereocenters. The van der Waals surface area contributed by atoms with E-state index in [1.54, 1.807) is 7.11 Å². The monoisotopic (exact) mass is 342 g/mol. The molecule has 1 saturated carbocycles. The van der Waals surface area contributed by atoms with Crippen molar-refractivity contribution in [2.45, 2.75) is 51.1 Å². The van der Waals surface area contributed by atoms with Gasteiger partial charge < -0.3 is 20.5 Å². The summed E-state index contributed by atoms with van der Waals surface area (Å²) < 4.78 is 10.8. The maximum Gasteiger partial charge on any atom is 0.240 e. The predicted octanol–water partition coefficient (Wildman–Crippen LogP) is 2.79. The van der Waals surface area contributed by atoms with Crippen LogP contribution >= 0.6 is 12.4 Å². The Labute approximate surface area is 144 Å². The summed E-state index contributed by atoms with van der Waals surface area (Å²) in [6.07, 6.45) is 4.77. The van der Waals surface area contributed by atoms with E-state index in [4.69, 9.17) is 15.2 Å². The van der Waals surface area contributed by atoms with E-state index in [1.165, 1.54) is 6.42 Å². The SMILES string of the molecule is CCOc1cc(CNC(=O)C2(N)CCCCC2)ccc1OC.Cl. The van der Waals surface area contributed by atoms with Gasteiger partial charge in [-0.2, -0.15) is 0 Å². The summed E-state index contributed by atoms with van der Waals surface area (Å²) in [6.45, 7) is 2.94. The van der Waals surface area contributed by atoms with Crippen LogP contribution < -0.4 is 20.5 Å². The highest BCUT2D eigenvalue weighted by atomic mass is 35.5. The van der Waals surface area contributed by atoms with E-state index in [-0.39, 0.29) is 18.3 Å². The fourth-order valence-corrected chi connectivity index (χ4v) is 2.87. The van der Waals surface area contributed by atoms with Gasteiger partial charge in [0.1, 0.15) is 0 Å². The number of rotatable bonds is 6. The number of carbonyl (C=O) groups is 1. The third-order valence-corrected chi connectivity index (χ3v) is 4.18. The first-order valence-electron chi connectivity index (χ1n) is 7.96. The van der Waals surface area contributed by atoms with Crippen molar-refractivity contribution in [3.63, 3.8) is 0 Å². The zero-order valence-electron chi connectivity index (χ0n) is 13.9. The van der Waals surface area contributed by atoms with Gasteiger partial charge in [-0.1, -0.05) is 25.3 Å². The Morgan fingerprint density at radius 2 is 1.96 bits per heavy atom. The number of nitrogens with one attached hydrogen (secondary N) is 1. The van der Waals surface area contributed by atoms with Gasteiger partial charge in [-0.15, -0.1) is 12.4 Å². The van der Waals surface area contributed by atoms with Gasteiger partial charge >= 0.3 is 0 Å². The Morgan fingerprint density at radius 3 is 2.57 bits per heavy atom. The maximum absolute atomic E-state index is 12.3. The first-order valence-corrected chi connectivity index (χ1v) is 7.96. The molecule has 0 heterocycles. The molecule has 1 amide bonds. The molecular formula is C17H27ClN2O3. The third kappa shape index (κ3) is 5.01. The second-order valence-electron chi connectivity index (χ2n) is 5.82. The van der Waals surface area contributed by atoms with Crippen molar-refractivity contribution in [1.29, 1.82) is 0 Å². The fraction of sp³-hybridized carbons (Fsp3) is 0.588. The summed E-state index contributed by atoms with van der Waals surface area (Å²) in [5.74, 6) is 1.33. The Kier molecular flexibility index (Phi) is 7.65. The molecule has 130 valence electrons. The average molecular weight is 343 g/mol. The Hall–Kier alpha value is -1.46. The van der Waals surface area contributed by atoms with Gasteiger partial charge in [0.05, 0.1) is 19.3 Å². The highest BCUT2D eigenvalue weighted by Crippen LogP contribution is 2.29. The minimum atomic E-state index is -0.701. The summed E-state index contributed by atoms with van der Waals surface area (Å²) in [5.41, 5.74) is 6.50. The molecule has 1 aliphatic rings. The number of halogens is 1. The smallest absolute Gasteiger partial charge is 0.240 e. The molecule has 0 spiro atoms. The van der Waals surface area contributed by atoms with Gasteiger partial charge in [0.15, 0.2) is 11.5 Å². The van der Waals surface area contributed by atoms with Crippen LogP contribution in [0.5, 0.6) is 11.5 Å². The standard InChI is InChI=1S/C17H26N2O3.ClH/c1-3-22-15-11-13(7-8-14(15)21-2)12-19-16(20)17(18)9-5-4-6-10-17;/h7-8,11H,3-6,9-10,12,18H2,1-2H3,(H,19,20);1H. The second-order valence-corrected chi connectivity index (χ2v) is 5.82. The lowest BCUT2D eigenvalue weighted by atomic mass is 9.82. The summed E-state index contributed by atoms with van der Waals surface area (Å²) in [6, 6.07) is 5.67. The van der Waals surface area contributed by atoms with E-state index in [0.29, 0.717) is 24.7 Å². The first kappa shape index (κ1) is 19.6. The van der Waals surface area contributed by atoms with E-state index >= 15 is 0 Å². The van der Waals surface area contributed by atoms with Gasteiger partial charge in [-0.05, 0) is 37.5 Å². The molecular weight excluding hydrogens is 316 g/mol. The molecule has 6 heteroatoms. The van der Waals surface area contributed by atoms with E-state index < -0.39 is 5.54 Å². The van der Waals surface area contributed by atoms with Gasteiger partial charge in [-0.25, -0.2) is 0 Å². The molecule has 0 unspecified atom stereocenters. The molecule has 0 aliphatic heterocycles. The summed E-state index contributed by atoms with van der Waals surface area (Å²) >= 11 is 0. The molecule has 3 N–H and O–H groups in total. The van der Waals surface area contributed by atoms with Crippen LogP contribution in [-0.2, 0) is 11.3 Å². The number of hydrogen-bond donors (Lipinski definition) is 2. The zero-order chi connectivity index (χ0) is 16.0. The first-order chi connectivity index (χ1) is 10.6. The van der Waals surface area contributed by atoms with E-state index in [1.807, 2.05) is 25.1 Å². The number of amides is 1. The number of hydrogen-bond acceptors (Lipinski definition) is 4.